The van der Waals surface area contributed by atoms with Crippen LogP contribution in [0.4, 0.5) is 0 Å². The Morgan fingerprint density at radius 2 is 2.25 bits per heavy atom. The van der Waals surface area contributed by atoms with Crippen molar-refractivity contribution >= 4 is 34.3 Å². The van der Waals surface area contributed by atoms with Gasteiger partial charge in [0.25, 0.3) is 0 Å². The van der Waals surface area contributed by atoms with Crippen LogP contribution in [0.15, 0.2) is 0 Å². The Balaban J connectivity index is 3.24. The second-order valence-electron chi connectivity index (χ2n) is 1.24. The van der Waals surface area contributed by atoms with Gasteiger partial charge in [-0.05, 0) is 0 Å². The van der Waals surface area contributed by atoms with Crippen LogP contribution in [0.3, 0.4) is 0 Å². The van der Waals surface area contributed by atoms with E-state index in [1.54, 1.807) is 0 Å². The summed E-state index contributed by atoms with van der Waals surface area (Å²) >= 11 is 8.78. The summed E-state index contributed by atoms with van der Waals surface area (Å²) < 4.78 is 18.1. The molecule has 0 fully saturated rings. The average Bonchev–Trinajstić information content (AvgIpc) is 1.65. The van der Waals surface area contributed by atoms with E-state index in [1.165, 1.54) is 0 Å². The van der Waals surface area contributed by atoms with E-state index >= 15 is 0 Å². The smallest absolute Gasteiger partial charge is 0.154 e. The largest absolute Gasteiger partial charge is 0.306 e. The van der Waals surface area contributed by atoms with Crippen molar-refractivity contribution in [2.45, 2.75) is 5.38 Å². The molecule has 0 aliphatic rings. The molecule has 2 nitrogen and oxygen atoms in total. The van der Waals surface area contributed by atoms with Gasteiger partial charge in [0.15, 0.2) is 11.1 Å². The first-order valence-electron chi connectivity index (χ1n) is 1.94. The van der Waals surface area contributed by atoms with Crippen LogP contribution in [0.1, 0.15) is 0 Å². The lowest BCUT2D eigenvalue weighted by atomic mass is 10.6. The Morgan fingerprint density at radius 1 is 1.75 bits per heavy atom. The van der Waals surface area contributed by atoms with Gasteiger partial charge in [-0.25, -0.2) is 4.21 Å². The molecule has 0 aliphatic heterocycles. The molecule has 2 atom stereocenters. The number of hydrogen-bond acceptors (Lipinski definition) is 1. The van der Waals surface area contributed by atoms with E-state index in [0.717, 1.165) is 0 Å². The van der Waals surface area contributed by atoms with Gasteiger partial charge in [0, 0.05) is 5.88 Å². The lowest BCUT2D eigenvalue weighted by molar-refractivity contribution is 0.563. The molecule has 50 valence electrons. The van der Waals surface area contributed by atoms with Gasteiger partial charge in [-0.1, -0.05) is 0 Å². The second-order valence-corrected chi connectivity index (χ2v) is 3.14. The standard InChI is InChI=1S/C3H6Cl2O2S/c4-1-3(5)2-8(6)7/h3H,1-2H2,(H,6,7). The van der Waals surface area contributed by atoms with Crippen LogP contribution in [-0.2, 0) is 11.1 Å². The number of hydrogen-bond donors (Lipinski definition) is 1. The monoisotopic (exact) mass is 176 g/mol. The van der Waals surface area contributed by atoms with Gasteiger partial charge in [0.1, 0.15) is 0 Å². The van der Waals surface area contributed by atoms with Crippen LogP contribution in [0.25, 0.3) is 0 Å². The summed E-state index contributed by atoms with van der Waals surface area (Å²) in [5, 5.41) is -0.387. The molecule has 0 aromatic heterocycles. The molecule has 0 aromatic rings. The van der Waals surface area contributed by atoms with E-state index < -0.39 is 11.1 Å². The van der Waals surface area contributed by atoms with Crippen molar-refractivity contribution in [3.8, 4) is 0 Å². The van der Waals surface area contributed by atoms with Crippen molar-refractivity contribution in [2.24, 2.45) is 0 Å². The fraction of sp³-hybridized carbons (Fsp3) is 1.00. The Morgan fingerprint density at radius 3 is 2.38 bits per heavy atom. The molecular weight excluding hydrogens is 171 g/mol. The van der Waals surface area contributed by atoms with E-state index in [2.05, 4.69) is 0 Å². The van der Waals surface area contributed by atoms with Gasteiger partial charge in [-0.2, -0.15) is 0 Å². The van der Waals surface area contributed by atoms with Gasteiger partial charge >= 0.3 is 0 Å². The number of rotatable bonds is 3. The minimum atomic E-state index is -1.81. The van der Waals surface area contributed by atoms with Gasteiger partial charge in [-0.3, -0.25) is 0 Å². The molecule has 0 saturated carbocycles. The zero-order valence-electron chi connectivity index (χ0n) is 4.01. The molecule has 8 heavy (non-hydrogen) atoms. The zero-order valence-corrected chi connectivity index (χ0v) is 6.34. The molecule has 0 heterocycles. The lowest BCUT2D eigenvalue weighted by Crippen LogP contribution is -2.10. The predicted octanol–water partition coefficient (Wildman–Crippen LogP) is 1.05. The first kappa shape index (κ1) is 8.69. The van der Waals surface area contributed by atoms with E-state index in [4.69, 9.17) is 27.8 Å². The summed E-state index contributed by atoms with van der Waals surface area (Å²) in [4.78, 5) is 0. The third-order valence-electron chi connectivity index (χ3n) is 0.491. The van der Waals surface area contributed by atoms with Crippen molar-refractivity contribution in [1.82, 2.24) is 0 Å². The van der Waals surface area contributed by atoms with Crippen molar-refractivity contribution in [1.29, 1.82) is 0 Å². The molecule has 0 rings (SSSR count). The maximum Gasteiger partial charge on any atom is 0.154 e. The molecule has 0 aliphatic carbocycles. The Kier molecular flexibility index (Phi) is 4.95. The molecule has 0 aromatic carbocycles. The van der Waals surface area contributed by atoms with Crippen molar-refractivity contribution in [3.63, 3.8) is 0 Å². The Labute approximate surface area is 60.5 Å². The van der Waals surface area contributed by atoms with E-state index in [9.17, 15) is 4.21 Å². The van der Waals surface area contributed by atoms with E-state index in [1.807, 2.05) is 0 Å². The topological polar surface area (TPSA) is 37.3 Å². The number of alkyl halides is 2. The molecule has 0 bridgehead atoms. The van der Waals surface area contributed by atoms with Crippen LogP contribution >= 0.6 is 23.2 Å². The summed E-state index contributed by atoms with van der Waals surface area (Å²) in [5.41, 5.74) is 0. The Bertz CT molecular complexity index is 87.4. The molecule has 0 amide bonds. The molecular formula is C3H6Cl2O2S. The van der Waals surface area contributed by atoms with Crippen molar-refractivity contribution in [2.75, 3.05) is 11.6 Å². The normalized spacial score (nSPS) is 17.9. The van der Waals surface area contributed by atoms with Crippen molar-refractivity contribution < 1.29 is 8.76 Å². The molecule has 2 unspecified atom stereocenters. The van der Waals surface area contributed by atoms with E-state index in [-0.39, 0.29) is 17.0 Å². The fourth-order valence-corrected chi connectivity index (χ4v) is 1.19. The molecule has 1 N–H and O–H groups in total. The van der Waals surface area contributed by atoms with Gasteiger partial charge < -0.3 is 4.55 Å². The highest BCUT2D eigenvalue weighted by molar-refractivity contribution is 7.79. The zero-order chi connectivity index (χ0) is 6.57. The van der Waals surface area contributed by atoms with Gasteiger partial charge in [0.2, 0.25) is 0 Å². The summed E-state index contributed by atoms with van der Waals surface area (Å²) in [5.74, 6) is 0.263. The molecule has 0 radical (unpaired) electrons. The fourth-order valence-electron chi connectivity index (χ4n) is 0.199. The van der Waals surface area contributed by atoms with Gasteiger partial charge in [-0.15, -0.1) is 23.2 Å². The maximum absolute atomic E-state index is 9.94. The first-order valence-corrected chi connectivity index (χ1v) is 4.19. The quantitative estimate of drug-likeness (QED) is 0.516. The van der Waals surface area contributed by atoms with Crippen LogP contribution < -0.4 is 0 Å². The average molecular weight is 177 g/mol. The van der Waals surface area contributed by atoms with Crippen molar-refractivity contribution in [3.05, 3.63) is 0 Å². The predicted molar refractivity (Wildman–Crippen MR) is 36.0 cm³/mol. The maximum atomic E-state index is 9.94. The third kappa shape index (κ3) is 4.84. The molecule has 0 spiro atoms. The van der Waals surface area contributed by atoms with Crippen LogP contribution in [0.2, 0.25) is 0 Å². The summed E-state index contributed by atoms with van der Waals surface area (Å²) in [6.07, 6.45) is 0. The second kappa shape index (κ2) is 4.56. The molecule has 5 heteroatoms. The summed E-state index contributed by atoms with van der Waals surface area (Å²) in [6, 6.07) is 0. The highest BCUT2D eigenvalue weighted by Gasteiger charge is 2.04. The third-order valence-corrected chi connectivity index (χ3v) is 2.20. The first-order chi connectivity index (χ1) is 3.66. The highest BCUT2D eigenvalue weighted by Crippen LogP contribution is 1.98. The van der Waals surface area contributed by atoms with Crippen LogP contribution in [-0.4, -0.2) is 25.8 Å². The molecule has 0 saturated heterocycles. The van der Waals surface area contributed by atoms with Crippen LogP contribution in [0, 0.1) is 0 Å². The Hall–Kier alpha value is 0.690. The number of halogens is 2. The SMILES string of the molecule is O=S(O)CC(Cl)CCl. The lowest BCUT2D eigenvalue weighted by Gasteiger charge is -1.97. The minimum absolute atomic E-state index is 0.0467. The highest BCUT2D eigenvalue weighted by atomic mass is 35.5. The minimum Gasteiger partial charge on any atom is -0.306 e. The van der Waals surface area contributed by atoms with E-state index in [0.29, 0.717) is 0 Å². The van der Waals surface area contributed by atoms with Gasteiger partial charge in [0.05, 0.1) is 11.1 Å². The summed E-state index contributed by atoms with van der Waals surface area (Å²) in [6.45, 7) is 0. The summed E-state index contributed by atoms with van der Waals surface area (Å²) in [7, 11) is 0. The van der Waals surface area contributed by atoms with Crippen LogP contribution in [0.5, 0.6) is 0 Å².